The van der Waals surface area contributed by atoms with Gasteiger partial charge in [0.25, 0.3) is 0 Å². The quantitative estimate of drug-likeness (QED) is 0.317. The maximum atomic E-state index is 6.12. The Balaban J connectivity index is 1.47. The number of benzene rings is 3. The summed E-state index contributed by atoms with van der Waals surface area (Å²) < 4.78 is 7.97. The number of hydrogen-bond acceptors (Lipinski definition) is 5. The lowest BCUT2D eigenvalue weighted by Crippen LogP contribution is -1.96. The smallest absolute Gasteiger partial charge is 0.179 e. The molecule has 0 aliphatic heterocycles. The molecule has 0 fully saturated rings. The zero-order valence-electron chi connectivity index (χ0n) is 18.0. The number of aromatic nitrogens is 5. The van der Waals surface area contributed by atoms with E-state index in [1.54, 1.807) is 12.4 Å². The molecule has 0 bridgehead atoms. The lowest BCUT2D eigenvalue weighted by atomic mass is 10.0. The van der Waals surface area contributed by atoms with Gasteiger partial charge in [-0.2, -0.15) is 5.10 Å². The predicted octanol–water partition coefficient (Wildman–Crippen LogP) is 6.44. The summed E-state index contributed by atoms with van der Waals surface area (Å²) in [6.45, 7) is 0. The number of hydrogen-bond donors (Lipinski definition) is 0. The molecule has 0 radical (unpaired) electrons. The molecule has 0 spiro atoms. The summed E-state index contributed by atoms with van der Waals surface area (Å²) in [7, 11) is 0. The van der Waals surface area contributed by atoms with Crippen LogP contribution in [-0.4, -0.2) is 24.7 Å². The van der Waals surface area contributed by atoms with E-state index in [1.165, 1.54) is 0 Å². The van der Waals surface area contributed by atoms with Crippen molar-refractivity contribution < 1.29 is 4.42 Å². The van der Waals surface area contributed by atoms with Crippen LogP contribution >= 0.6 is 0 Å². The molecule has 0 aliphatic carbocycles. The van der Waals surface area contributed by atoms with Gasteiger partial charge in [0, 0.05) is 40.3 Å². The van der Waals surface area contributed by atoms with E-state index in [0.29, 0.717) is 5.82 Å². The molecule has 160 valence electrons. The summed E-state index contributed by atoms with van der Waals surface area (Å²) in [4.78, 5) is 14.2. The molecule has 0 aliphatic rings. The molecule has 7 rings (SSSR count). The third-order valence-corrected chi connectivity index (χ3v) is 5.99. The molecule has 34 heavy (non-hydrogen) atoms. The summed E-state index contributed by atoms with van der Waals surface area (Å²) in [5, 5.41) is 7.42. The first-order valence-electron chi connectivity index (χ1n) is 11.0. The summed E-state index contributed by atoms with van der Waals surface area (Å²) in [5.41, 5.74) is 6.14. The van der Waals surface area contributed by atoms with E-state index in [1.807, 2.05) is 71.5 Å². The zero-order valence-corrected chi connectivity index (χ0v) is 18.0. The fraction of sp³-hybridized carbons (Fsp3) is 0. The van der Waals surface area contributed by atoms with Crippen LogP contribution in [0.3, 0.4) is 0 Å². The van der Waals surface area contributed by atoms with Crippen molar-refractivity contribution in [2.45, 2.75) is 0 Å². The highest BCUT2D eigenvalue weighted by atomic mass is 16.3. The second-order valence-electron chi connectivity index (χ2n) is 8.07. The first-order valence-corrected chi connectivity index (χ1v) is 11.0. The Morgan fingerprint density at radius 3 is 2.38 bits per heavy atom. The maximum absolute atomic E-state index is 6.12. The monoisotopic (exact) mass is 439 g/mol. The predicted molar refractivity (Wildman–Crippen MR) is 133 cm³/mol. The van der Waals surface area contributed by atoms with E-state index < -0.39 is 0 Å². The van der Waals surface area contributed by atoms with E-state index in [2.05, 4.69) is 34.3 Å². The van der Waals surface area contributed by atoms with E-state index in [9.17, 15) is 0 Å². The van der Waals surface area contributed by atoms with E-state index >= 15 is 0 Å². The SMILES string of the molecule is c1ccc(-c2nc(-c3ccc4oc5ccc(-n6cccn6)cc5c4c3)c3ccccc3n2)nc1. The van der Waals surface area contributed by atoms with Crippen molar-refractivity contribution in [2.75, 3.05) is 0 Å². The minimum Gasteiger partial charge on any atom is -0.456 e. The van der Waals surface area contributed by atoms with Crippen LogP contribution in [-0.2, 0) is 0 Å². The van der Waals surface area contributed by atoms with Crippen molar-refractivity contribution >= 4 is 32.8 Å². The van der Waals surface area contributed by atoms with Crippen LogP contribution in [0.2, 0.25) is 0 Å². The fourth-order valence-electron chi connectivity index (χ4n) is 4.38. The van der Waals surface area contributed by atoms with E-state index in [4.69, 9.17) is 14.4 Å². The molecule has 6 heteroatoms. The highest BCUT2D eigenvalue weighted by Gasteiger charge is 2.15. The number of pyridine rings is 1. The number of fused-ring (bicyclic) bond motifs is 4. The Morgan fingerprint density at radius 2 is 1.53 bits per heavy atom. The third-order valence-electron chi connectivity index (χ3n) is 5.99. The van der Waals surface area contributed by atoms with Gasteiger partial charge in [-0.25, -0.2) is 14.6 Å². The summed E-state index contributed by atoms with van der Waals surface area (Å²) >= 11 is 0. The number of para-hydroxylation sites is 1. The van der Waals surface area contributed by atoms with Crippen LogP contribution in [0.5, 0.6) is 0 Å². The van der Waals surface area contributed by atoms with Crippen molar-refractivity contribution in [1.29, 1.82) is 0 Å². The maximum Gasteiger partial charge on any atom is 0.179 e. The molecular formula is C28H17N5O. The summed E-state index contributed by atoms with van der Waals surface area (Å²) in [5.74, 6) is 0.604. The molecule has 4 aromatic heterocycles. The first-order chi connectivity index (χ1) is 16.8. The summed E-state index contributed by atoms with van der Waals surface area (Å²) in [6, 6.07) is 28.1. The summed E-state index contributed by atoms with van der Waals surface area (Å²) in [6.07, 6.45) is 5.46. The van der Waals surface area contributed by atoms with E-state index in [0.717, 1.165) is 55.5 Å². The minimum absolute atomic E-state index is 0.604. The zero-order chi connectivity index (χ0) is 22.5. The minimum atomic E-state index is 0.604. The standard InChI is InChI=1S/C28H17N5O/c1-2-7-23-20(6-1)27(32-28(31-23)24-8-3-4-13-29-24)18-9-11-25-21(16-18)22-17-19(10-12-26(22)34-25)33-15-5-14-30-33/h1-17H. The Kier molecular flexibility index (Phi) is 4.04. The lowest BCUT2D eigenvalue weighted by molar-refractivity contribution is 0.669. The fourth-order valence-corrected chi connectivity index (χ4v) is 4.38. The normalized spacial score (nSPS) is 11.5. The highest BCUT2D eigenvalue weighted by molar-refractivity contribution is 6.07. The van der Waals surface area contributed by atoms with Gasteiger partial charge in [0.15, 0.2) is 5.82 Å². The Bertz CT molecular complexity index is 1800. The molecule has 0 atom stereocenters. The second-order valence-corrected chi connectivity index (χ2v) is 8.07. The number of rotatable bonds is 3. The van der Waals surface area contributed by atoms with Crippen LogP contribution in [0.25, 0.3) is 61.3 Å². The van der Waals surface area contributed by atoms with Gasteiger partial charge >= 0.3 is 0 Å². The van der Waals surface area contributed by atoms with Crippen LogP contribution in [0.1, 0.15) is 0 Å². The van der Waals surface area contributed by atoms with Crippen molar-refractivity contribution in [3.05, 3.63) is 104 Å². The second kappa shape index (κ2) is 7.35. The Hall–Kier alpha value is -4.84. The van der Waals surface area contributed by atoms with Gasteiger partial charge in [-0.3, -0.25) is 4.98 Å². The third kappa shape index (κ3) is 2.97. The highest BCUT2D eigenvalue weighted by Crippen LogP contribution is 2.35. The van der Waals surface area contributed by atoms with Crippen molar-refractivity contribution in [3.63, 3.8) is 0 Å². The molecule has 0 saturated heterocycles. The molecule has 3 aromatic carbocycles. The van der Waals surface area contributed by atoms with Crippen LogP contribution in [0, 0.1) is 0 Å². The molecule has 4 heterocycles. The van der Waals surface area contributed by atoms with Gasteiger partial charge < -0.3 is 4.42 Å². The topological polar surface area (TPSA) is 69.6 Å². The first kappa shape index (κ1) is 18.7. The Morgan fingerprint density at radius 1 is 0.676 bits per heavy atom. The van der Waals surface area contributed by atoms with Gasteiger partial charge in [-0.1, -0.05) is 24.3 Å². The molecular weight excluding hydrogens is 422 g/mol. The molecule has 0 amide bonds. The van der Waals surface area contributed by atoms with Crippen LogP contribution in [0.4, 0.5) is 0 Å². The van der Waals surface area contributed by atoms with Gasteiger partial charge in [0.2, 0.25) is 0 Å². The average Bonchev–Trinajstić information content (AvgIpc) is 3.56. The average molecular weight is 439 g/mol. The van der Waals surface area contributed by atoms with Gasteiger partial charge in [0.05, 0.1) is 16.9 Å². The molecule has 0 N–H and O–H groups in total. The molecule has 7 aromatic rings. The molecule has 0 saturated carbocycles. The number of furan rings is 1. The van der Waals surface area contributed by atoms with E-state index in [-0.39, 0.29) is 0 Å². The largest absolute Gasteiger partial charge is 0.456 e. The van der Waals surface area contributed by atoms with Crippen molar-refractivity contribution in [3.8, 4) is 28.5 Å². The van der Waals surface area contributed by atoms with Crippen molar-refractivity contribution in [2.24, 2.45) is 0 Å². The molecule has 6 nitrogen and oxygen atoms in total. The Labute approximate surface area is 194 Å². The van der Waals surface area contributed by atoms with Gasteiger partial charge in [-0.05, 0) is 60.7 Å². The van der Waals surface area contributed by atoms with Crippen LogP contribution < -0.4 is 0 Å². The number of nitrogens with zero attached hydrogens (tertiary/aromatic N) is 5. The lowest BCUT2D eigenvalue weighted by Gasteiger charge is -2.09. The van der Waals surface area contributed by atoms with Gasteiger partial charge in [0.1, 0.15) is 16.9 Å². The van der Waals surface area contributed by atoms with Crippen molar-refractivity contribution in [1.82, 2.24) is 24.7 Å². The van der Waals surface area contributed by atoms with Gasteiger partial charge in [-0.15, -0.1) is 0 Å². The molecule has 0 unspecified atom stereocenters. The van der Waals surface area contributed by atoms with Crippen LogP contribution in [0.15, 0.2) is 108 Å².